The third kappa shape index (κ3) is 3.64. The molecule has 0 saturated heterocycles. The summed E-state index contributed by atoms with van der Waals surface area (Å²) in [4.78, 5) is 11.8. The van der Waals surface area contributed by atoms with Gasteiger partial charge in [-0.2, -0.15) is 0 Å². The van der Waals surface area contributed by atoms with E-state index in [2.05, 4.69) is 0 Å². The van der Waals surface area contributed by atoms with E-state index in [0.717, 1.165) is 36.8 Å². The van der Waals surface area contributed by atoms with Crippen LogP contribution in [-0.2, 0) is 16.0 Å². The van der Waals surface area contributed by atoms with Gasteiger partial charge in [-0.05, 0) is 50.8 Å². The maximum absolute atomic E-state index is 11.8. The van der Waals surface area contributed by atoms with E-state index in [9.17, 15) is 9.90 Å². The minimum atomic E-state index is -0.543. The Balaban J connectivity index is 2.30. The molecule has 2 rings (SSSR count). The second kappa shape index (κ2) is 7.27. The van der Waals surface area contributed by atoms with Gasteiger partial charge in [0.15, 0.2) is 0 Å². The fourth-order valence-corrected chi connectivity index (χ4v) is 2.61. The highest BCUT2D eigenvalue weighted by Gasteiger charge is 2.22. The number of benzene rings is 1. The standard InChI is InChI=1S/C17H22O4/c1-3-14(17(19)20-4-2)21-15-11-7-9-12-8-5-6-10-13(18)16(12)15/h3,7,9,11,13,18H,4-6,8,10H2,1-2H3/b14-3+. The van der Waals surface area contributed by atoms with Crippen LogP contribution in [0.5, 0.6) is 5.75 Å². The molecule has 1 aromatic carbocycles. The molecule has 4 heteroatoms. The maximum Gasteiger partial charge on any atom is 0.373 e. The van der Waals surface area contributed by atoms with Gasteiger partial charge in [0.1, 0.15) is 5.75 Å². The fraction of sp³-hybridized carbons (Fsp3) is 0.471. The zero-order chi connectivity index (χ0) is 15.2. The summed E-state index contributed by atoms with van der Waals surface area (Å²) < 4.78 is 10.7. The average molecular weight is 290 g/mol. The maximum atomic E-state index is 11.8. The van der Waals surface area contributed by atoms with Crippen LogP contribution in [0.2, 0.25) is 0 Å². The summed E-state index contributed by atoms with van der Waals surface area (Å²) in [5, 5.41) is 10.3. The van der Waals surface area contributed by atoms with Crippen LogP contribution >= 0.6 is 0 Å². The van der Waals surface area contributed by atoms with E-state index >= 15 is 0 Å². The van der Waals surface area contributed by atoms with Crippen LogP contribution in [0, 0.1) is 0 Å². The monoisotopic (exact) mass is 290 g/mol. The Morgan fingerprint density at radius 3 is 2.95 bits per heavy atom. The van der Waals surface area contributed by atoms with Crippen LogP contribution in [0.15, 0.2) is 30.0 Å². The van der Waals surface area contributed by atoms with Crippen LogP contribution in [0.3, 0.4) is 0 Å². The summed E-state index contributed by atoms with van der Waals surface area (Å²) in [6.45, 7) is 3.78. The zero-order valence-electron chi connectivity index (χ0n) is 12.6. The molecule has 1 aliphatic rings. The zero-order valence-corrected chi connectivity index (χ0v) is 12.6. The molecule has 4 nitrogen and oxygen atoms in total. The summed E-state index contributed by atoms with van der Waals surface area (Å²) in [5.41, 5.74) is 1.90. The number of hydrogen-bond donors (Lipinski definition) is 1. The molecule has 1 N–H and O–H groups in total. The predicted molar refractivity (Wildman–Crippen MR) is 80.0 cm³/mol. The van der Waals surface area contributed by atoms with Crippen LogP contribution in [0.25, 0.3) is 0 Å². The van der Waals surface area contributed by atoms with Crippen molar-refractivity contribution in [2.45, 2.75) is 45.6 Å². The number of hydrogen-bond acceptors (Lipinski definition) is 4. The van der Waals surface area contributed by atoms with Crippen molar-refractivity contribution in [3.63, 3.8) is 0 Å². The highest BCUT2D eigenvalue weighted by atomic mass is 16.6. The van der Waals surface area contributed by atoms with Crippen molar-refractivity contribution in [3.8, 4) is 5.75 Å². The van der Waals surface area contributed by atoms with Gasteiger partial charge in [0.05, 0.1) is 12.7 Å². The quantitative estimate of drug-likeness (QED) is 0.400. The Kier molecular flexibility index (Phi) is 5.39. The largest absolute Gasteiger partial charge is 0.460 e. The second-order valence-corrected chi connectivity index (χ2v) is 5.07. The Labute approximate surface area is 125 Å². The Morgan fingerprint density at radius 2 is 2.24 bits per heavy atom. The number of esters is 1. The van der Waals surface area contributed by atoms with Crippen LogP contribution < -0.4 is 4.74 Å². The smallest absolute Gasteiger partial charge is 0.373 e. The van der Waals surface area contributed by atoms with E-state index in [1.54, 1.807) is 26.0 Å². The minimum absolute atomic E-state index is 0.154. The molecule has 0 fully saturated rings. The van der Waals surface area contributed by atoms with Crippen molar-refractivity contribution < 1.29 is 19.4 Å². The fourth-order valence-electron chi connectivity index (χ4n) is 2.61. The molecule has 1 aliphatic carbocycles. The van der Waals surface area contributed by atoms with Gasteiger partial charge in [-0.1, -0.05) is 18.6 Å². The summed E-state index contributed by atoms with van der Waals surface area (Å²) in [6.07, 6.45) is 4.73. The molecule has 0 saturated carbocycles. The number of carbonyl (C=O) groups excluding carboxylic acids is 1. The van der Waals surface area contributed by atoms with Crippen molar-refractivity contribution in [3.05, 3.63) is 41.2 Å². The van der Waals surface area contributed by atoms with Crippen molar-refractivity contribution >= 4 is 5.97 Å². The average Bonchev–Trinajstić information content (AvgIpc) is 2.67. The van der Waals surface area contributed by atoms with E-state index < -0.39 is 12.1 Å². The molecular formula is C17H22O4. The molecule has 1 unspecified atom stereocenters. The lowest BCUT2D eigenvalue weighted by molar-refractivity contribution is -0.141. The van der Waals surface area contributed by atoms with E-state index in [-0.39, 0.29) is 5.76 Å². The molecule has 0 bridgehead atoms. The summed E-state index contributed by atoms with van der Waals surface area (Å²) in [7, 11) is 0. The van der Waals surface area contributed by atoms with Gasteiger partial charge in [0.2, 0.25) is 5.76 Å². The number of rotatable bonds is 4. The lowest BCUT2D eigenvalue weighted by atomic mass is 10.00. The third-order valence-electron chi connectivity index (χ3n) is 3.62. The van der Waals surface area contributed by atoms with Crippen molar-refractivity contribution in [2.75, 3.05) is 6.61 Å². The molecule has 1 aromatic rings. The Bertz CT molecular complexity index is 534. The highest BCUT2D eigenvalue weighted by molar-refractivity contribution is 5.86. The highest BCUT2D eigenvalue weighted by Crippen LogP contribution is 2.36. The SMILES string of the molecule is C/C=C(/Oc1cccc2c1C(O)CCCC2)C(=O)OCC. The van der Waals surface area contributed by atoms with Gasteiger partial charge in [0.25, 0.3) is 0 Å². The number of ether oxygens (including phenoxy) is 2. The third-order valence-corrected chi connectivity index (χ3v) is 3.62. The van der Waals surface area contributed by atoms with E-state index in [4.69, 9.17) is 9.47 Å². The van der Waals surface area contributed by atoms with Crippen LogP contribution in [-0.4, -0.2) is 17.7 Å². The van der Waals surface area contributed by atoms with Crippen molar-refractivity contribution in [1.82, 2.24) is 0 Å². The first kappa shape index (κ1) is 15.6. The number of carbonyl (C=O) groups is 1. The molecule has 0 aliphatic heterocycles. The molecule has 0 amide bonds. The topological polar surface area (TPSA) is 55.8 Å². The molecule has 114 valence electrons. The number of aryl methyl sites for hydroxylation is 1. The van der Waals surface area contributed by atoms with Gasteiger partial charge in [-0.15, -0.1) is 0 Å². The molecule has 21 heavy (non-hydrogen) atoms. The lowest BCUT2D eigenvalue weighted by Gasteiger charge is -2.18. The van der Waals surface area contributed by atoms with E-state index in [1.165, 1.54) is 0 Å². The van der Waals surface area contributed by atoms with Crippen LogP contribution in [0.4, 0.5) is 0 Å². The summed E-state index contributed by atoms with van der Waals surface area (Å²) in [6, 6.07) is 5.69. The predicted octanol–water partition coefficient (Wildman–Crippen LogP) is 3.29. The molecule has 0 spiro atoms. The molecule has 0 radical (unpaired) electrons. The van der Waals surface area contributed by atoms with Crippen LogP contribution in [0.1, 0.15) is 50.3 Å². The van der Waals surface area contributed by atoms with Gasteiger partial charge in [-0.3, -0.25) is 0 Å². The van der Waals surface area contributed by atoms with Gasteiger partial charge in [0, 0.05) is 5.56 Å². The van der Waals surface area contributed by atoms with E-state index in [1.807, 2.05) is 12.1 Å². The second-order valence-electron chi connectivity index (χ2n) is 5.07. The Hall–Kier alpha value is -1.81. The summed E-state index contributed by atoms with van der Waals surface area (Å²) in [5.74, 6) is 0.213. The van der Waals surface area contributed by atoms with E-state index in [0.29, 0.717) is 12.4 Å². The first-order valence-electron chi connectivity index (χ1n) is 7.48. The van der Waals surface area contributed by atoms with Gasteiger partial charge >= 0.3 is 5.97 Å². The molecular weight excluding hydrogens is 268 g/mol. The molecule has 0 heterocycles. The Morgan fingerprint density at radius 1 is 1.43 bits per heavy atom. The lowest BCUT2D eigenvalue weighted by Crippen LogP contribution is -2.14. The first-order chi connectivity index (χ1) is 10.2. The van der Waals surface area contributed by atoms with Gasteiger partial charge in [-0.25, -0.2) is 4.79 Å². The minimum Gasteiger partial charge on any atom is -0.460 e. The number of aliphatic hydroxyl groups excluding tert-OH is 1. The molecule has 1 atom stereocenters. The number of fused-ring (bicyclic) bond motifs is 1. The number of allylic oxidation sites excluding steroid dienone is 1. The van der Waals surface area contributed by atoms with Crippen molar-refractivity contribution in [2.24, 2.45) is 0 Å². The summed E-state index contributed by atoms with van der Waals surface area (Å²) >= 11 is 0. The normalized spacial score (nSPS) is 18.6. The van der Waals surface area contributed by atoms with Gasteiger partial charge < -0.3 is 14.6 Å². The molecule has 0 aromatic heterocycles. The van der Waals surface area contributed by atoms with Crippen molar-refractivity contribution in [1.29, 1.82) is 0 Å². The first-order valence-corrected chi connectivity index (χ1v) is 7.48. The number of aliphatic hydroxyl groups is 1.